The molecule has 0 radical (unpaired) electrons. The molecule has 2 aliphatic rings. The molecule has 2 saturated heterocycles. The molecule has 4 unspecified atom stereocenters. The van der Waals surface area contributed by atoms with Gasteiger partial charge in [0.1, 0.15) is 12.8 Å². The molecule has 92 valence electrons. The Bertz CT molecular complexity index is 557. The first-order valence-corrected chi connectivity index (χ1v) is 5.67. The molecule has 1 aromatic heterocycles. The van der Waals surface area contributed by atoms with Crippen molar-refractivity contribution in [1.82, 2.24) is 9.55 Å². The van der Waals surface area contributed by atoms with Crippen LogP contribution in [0.2, 0.25) is 0 Å². The van der Waals surface area contributed by atoms with Crippen molar-refractivity contribution in [2.45, 2.75) is 25.9 Å². The number of nitrogens with zero attached hydrogens (tertiary/aromatic N) is 1. The zero-order valence-corrected chi connectivity index (χ0v) is 9.67. The molecular weight excluding hydrogens is 224 g/mol. The fourth-order valence-corrected chi connectivity index (χ4v) is 2.41. The van der Waals surface area contributed by atoms with Crippen LogP contribution in [-0.4, -0.2) is 21.9 Å². The Balaban J connectivity index is 2.00. The van der Waals surface area contributed by atoms with E-state index in [0.717, 1.165) is 0 Å². The molecule has 0 aliphatic carbocycles. The number of ether oxygens (including phenoxy) is 2. The first kappa shape index (κ1) is 10.7. The zero-order valence-electron chi connectivity index (χ0n) is 9.67. The summed E-state index contributed by atoms with van der Waals surface area (Å²) in [5, 5.41) is 0. The maximum Gasteiger partial charge on any atom is 0.330 e. The highest BCUT2D eigenvalue weighted by molar-refractivity contribution is 4.99. The minimum atomic E-state index is -0.514. The molecule has 6 heteroatoms. The van der Waals surface area contributed by atoms with E-state index in [0.29, 0.717) is 6.61 Å². The van der Waals surface area contributed by atoms with Crippen LogP contribution < -0.4 is 11.2 Å². The number of hydrogen-bond donors (Lipinski definition) is 1. The van der Waals surface area contributed by atoms with Crippen molar-refractivity contribution >= 4 is 0 Å². The van der Waals surface area contributed by atoms with E-state index >= 15 is 0 Å². The third-order valence-corrected chi connectivity index (χ3v) is 3.81. The van der Waals surface area contributed by atoms with Crippen molar-refractivity contribution in [3.05, 3.63) is 33.1 Å². The fraction of sp³-hybridized carbons (Fsp3) is 0.636. The van der Waals surface area contributed by atoms with E-state index in [2.05, 4.69) is 4.98 Å². The third kappa shape index (κ3) is 1.48. The normalized spacial score (nSPS) is 39.8. The first-order chi connectivity index (χ1) is 8.03. The highest BCUT2D eigenvalue weighted by Crippen LogP contribution is 2.52. The number of rotatable bonds is 1. The molecule has 2 aliphatic heterocycles. The van der Waals surface area contributed by atoms with Gasteiger partial charge in [-0.3, -0.25) is 14.3 Å². The molecule has 1 N–H and O–H groups in total. The smallest absolute Gasteiger partial charge is 0.330 e. The summed E-state index contributed by atoms with van der Waals surface area (Å²) >= 11 is 0. The zero-order chi connectivity index (χ0) is 12.2. The molecule has 1 aromatic rings. The summed E-state index contributed by atoms with van der Waals surface area (Å²) in [6, 6.07) is 1.32. The van der Waals surface area contributed by atoms with Crippen molar-refractivity contribution in [3.63, 3.8) is 0 Å². The maximum atomic E-state index is 11.7. The summed E-state index contributed by atoms with van der Waals surface area (Å²) < 4.78 is 12.6. The second-order valence-corrected chi connectivity index (χ2v) is 4.77. The van der Waals surface area contributed by atoms with Crippen LogP contribution in [0.25, 0.3) is 0 Å². The van der Waals surface area contributed by atoms with Crippen LogP contribution in [0.5, 0.6) is 0 Å². The van der Waals surface area contributed by atoms with E-state index in [4.69, 9.17) is 9.47 Å². The largest absolute Gasteiger partial charge is 0.342 e. The average molecular weight is 238 g/mol. The van der Waals surface area contributed by atoms with Crippen LogP contribution in [0, 0.1) is 11.8 Å². The summed E-state index contributed by atoms with van der Waals surface area (Å²) in [6.45, 7) is 4.64. The quantitative estimate of drug-likeness (QED) is 0.702. The number of aromatic amines is 1. The molecule has 3 rings (SSSR count). The van der Waals surface area contributed by atoms with E-state index in [9.17, 15) is 9.59 Å². The van der Waals surface area contributed by atoms with Gasteiger partial charge in [0.15, 0.2) is 5.79 Å². The number of aromatic nitrogens is 2. The Hall–Kier alpha value is -1.40. The average Bonchev–Trinajstić information content (AvgIpc) is 3.01. The molecule has 0 bridgehead atoms. The van der Waals surface area contributed by atoms with Gasteiger partial charge >= 0.3 is 5.69 Å². The monoisotopic (exact) mass is 238 g/mol. The highest BCUT2D eigenvalue weighted by Gasteiger charge is 2.61. The molecule has 0 aromatic carbocycles. The lowest BCUT2D eigenvalue weighted by Gasteiger charge is -2.17. The van der Waals surface area contributed by atoms with E-state index in [1.807, 2.05) is 13.8 Å². The van der Waals surface area contributed by atoms with Crippen molar-refractivity contribution in [2.24, 2.45) is 11.8 Å². The summed E-state index contributed by atoms with van der Waals surface area (Å²) in [5.41, 5.74) is -0.846. The van der Waals surface area contributed by atoms with Gasteiger partial charge in [-0.05, 0) is 0 Å². The van der Waals surface area contributed by atoms with Crippen LogP contribution in [0.4, 0.5) is 0 Å². The first-order valence-electron chi connectivity index (χ1n) is 5.67. The second kappa shape index (κ2) is 3.30. The minimum Gasteiger partial charge on any atom is -0.342 e. The SMILES string of the molecule is CC1C(n2ccc(=O)[nH]c2=O)OC2(CO2)C1C. The summed E-state index contributed by atoms with van der Waals surface area (Å²) in [4.78, 5) is 24.9. The number of H-pyrrole nitrogens is 1. The third-order valence-electron chi connectivity index (χ3n) is 3.81. The highest BCUT2D eigenvalue weighted by atomic mass is 16.8. The lowest BCUT2D eigenvalue weighted by atomic mass is 9.93. The lowest BCUT2D eigenvalue weighted by Crippen LogP contribution is -2.33. The van der Waals surface area contributed by atoms with Crippen LogP contribution in [0.15, 0.2) is 21.9 Å². The maximum absolute atomic E-state index is 11.7. The molecule has 3 heterocycles. The van der Waals surface area contributed by atoms with Gasteiger partial charge in [0.2, 0.25) is 0 Å². The minimum absolute atomic E-state index is 0.154. The predicted molar refractivity (Wildman–Crippen MR) is 58.5 cm³/mol. The Morgan fingerprint density at radius 3 is 2.71 bits per heavy atom. The molecule has 0 amide bonds. The lowest BCUT2D eigenvalue weighted by molar-refractivity contribution is -0.0835. The van der Waals surface area contributed by atoms with Crippen LogP contribution in [0.1, 0.15) is 20.1 Å². The molecule has 4 atom stereocenters. The van der Waals surface area contributed by atoms with Crippen LogP contribution in [-0.2, 0) is 9.47 Å². The van der Waals surface area contributed by atoms with Gasteiger partial charge < -0.3 is 9.47 Å². The summed E-state index contributed by atoms with van der Waals surface area (Å²) in [7, 11) is 0. The topological polar surface area (TPSA) is 76.6 Å². The van der Waals surface area contributed by atoms with E-state index in [-0.39, 0.29) is 18.1 Å². The Kier molecular flexibility index (Phi) is 2.08. The molecule has 2 fully saturated rings. The Labute approximate surface area is 97.2 Å². The van der Waals surface area contributed by atoms with E-state index in [1.165, 1.54) is 16.8 Å². The number of hydrogen-bond acceptors (Lipinski definition) is 4. The molecule has 6 nitrogen and oxygen atoms in total. The van der Waals surface area contributed by atoms with Gasteiger partial charge in [-0.25, -0.2) is 4.79 Å². The number of epoxide rings is 1. The molecule has 1 spiro atoms. The second-order valence-electron chi connectivity index (χ2n) is 4.77. The molecular formula is C11H14N2O4. The van der Waals surface area contributed by atoms with Gasteiger partial charge in [0.25, 0.3) is 5.56 Å². The van der Waals surface area contributed by atoms with E-state index < -0.39 is 17.0 Å². The summed E-state index contributed by atoms with van der Waals surface area (Å²) in [6.07, 6.45) is 1.09. The van der Waals surface area contributed by atoms with Crippen molar-refractivity contribution in [3.8, 4) is 0 Å². The Morgan fingerprint density at radius 1 is 1.47 bits per heavy atom. The van der Waals surface area contributed by atoms with Crippen molar-refractivity contribution in [2.75, 3.05) is 6.61 Å². The van der Waals surface area contributed by atoms with Gasteiger partial charge in [-0.2, -0.15) is 0 Å². The van der Waals surface area contributed by atoms with Gasteiger partial charge in [0, 0.05) is 24.1 Å². The Morgan fingerprint density at radius 2 is 2.18 bits per heavy atom. The number of nitrogens with one attached hydrogen (secondary N) is 1. The molecule has 17 heavy (non-hydrogen) atoms. The van der Waals surface area contributed by atoms with E-state index in [1.54, 1.807) is 0 Å². The van der Waals surface area contributed by atoms with Crippen molar-refractivity contribution < 1.29 is 9.47 Å². The van der Waals surface area contributed by atoms with Gasteiger partial charge in [-0.1, -0.05) is 13.8 Å². The van der Waals surface area contributed by atoms with Gasteiger partial charge in [-0.15, -0.1) is 0 Å². The standard InChI is InChI=1S/C11H14N2O4/c1-6-7(2)11(5-16-11)17-9(6)13-4-3-8(14)12-10(13)15/h3-4,6-7,9H,5H2,1-2H3,(H,12,14,15). The van der Waals surface area contributed by atoms with Crippen LogP contribution >= 0.6 is 0 Å². The van der Waals surface area contributed by atoms with Crippen LogP contribution in [0.3, 0.4) is 0 Å². The summed E-state index contributed by atoms with van der Waals surface area (Å²) in [5.74, 6) is -0.132. The fourth-order valence-electron chi connectivity index (χ4n) is 2.41. The molecule has 0 saturated carbocycles. The van der Waals surface area contributed by atoms with Crippen molar-refractivity contribution in [1.29, 1.82) is 0 Å². The van der Waals surface area contributed by atoms with Gasteiger partial charge in [0.05, 0.1) is 0 Å². The predicted octanol–water partition coefficient (Wildman–Crippen LogP) is 0.0641.